The fraction of sp³-hybridized carbons (Fsp3) is 0.154. The number of carbonyl (C=O) groups is 1. The number of hydrogen-bond donors (Lipinski definition) is 0. The number of nitrogens with zero attached hydrogens (tertiary/aromatic N) is 1. The van der Waals surface area contributed by atoms with Crippen molar-refractivity contribution in [3.05, 3.63) is 93.8 Å². The molecule has 0 bridgehead atoms. The van der Waals surface area contributed by atoms with Gasteiger partial charge in [-0.3, -0.25) is 14.5 Å². The maximum atomic E-state index is 13.7. The fourth-order valence-corrected chi connectivity index (χ4v) is 4.28. The molecule has 5 rings (SSSR count). The van der Waals surface area contributed by atoms with Crippen LogP contribution in [-0.4, -0.2) is 27.2 Å². The second-order valence-electron chi connectivity index (χ2n) is 7.56. The number of anilines is 1. The van der Waals surface area contributed by atoms with E-state index in [-0.39, 0.29) is 16.8 Å². The Balaban J connectivity index is 1.80. The molecule has 0 saturated heterocycles. The number of para-hydroxylation sites is 1. The monoisotopic (exact) mass is 443 g/mol. The maximum Gasteiger partial charge on any atom is 0.295 e. The molecular weight excluding hydrogens is 422 g/mol. The third-order valence-corrected chi connectivity index (χ3v) is 5.83. The van der Waals surface area contributed by atoms with Crippen molar-refractivity contribution in [1.82, 2.24) is 0 Å². The Morgan fingerprint density at radius 2 is 1.61 bits per heavy atom. The van der Waals surface area contributed by atoms with Crippen LogP contribution in [0.25, 0.3) is 11.0 Å². The first-order valence-electron chi connectivity index (χ1n) is 10.3. The lowest BCUT2D eigenvalue weighted by Crippen LogP contribution is -2.29. The van der Waals surface area contributed by atoms with Crippen molar-refractivity contribution in [2.75, 3.05) is 26.2 Å². The molecule has 0 fully saturated rings. The molecule has 0 spiro atoms. The fourth-order valence-electron chi connectivity index (χ4n) is 4.28. The molecule has 1 amide bonds. The highest BCUT2D eigenvalue weighted by Crippen LogP contribution is 2.43. The molecule has 1 unspecified atom stereocenters. The van der Waals surface area contributed by atoms with Crippen molar-refractivity contribution in [2.24, 2.45) is 0 Å². The highest BCUT2D eigenvalue weighted by atomic mass is 16.5. The molecule has 1 atom stereocenters. The standard InChI is InChI=1S/C26H21NO6/c1-30-17-8-6-7-16(14-17)27-23(15-11-12-20(31-2)21(13-15)32-3)22-24(28)18-9-4-5-10-19(18)33-25(22)26(27)29/h4-14,23H,1-3H3. The van der Waals surface area contributed by atoms with Gasteiger partial charge >= 0.3 is 0 Å². The number of ether oxygens (including phenoxy) is 3. The number of methoxy groups -OCH3 is 3. The van der Waals surface area contributed by atoms with E-state index in [1.54, 1.807) is 79.8 Å². The summed E-state index contributed by atoms with van der Waals surface area (Å²) in [4.78, 5) is 28.8. The van der Waals surface area contributed by atoms with Crippen LogP contribution in [0.5, 0.6) is 17.2 Å². The van der Waals surface area contributed by atoms with Crippen molar-refractivity contribution in [1.29, 1.82) is 0 Å². The van der Waals surface area contributed by atoms with Gasteiger partial charge in [-0.15, -0.1) is 0 Å². The van der Waals surface area contributed by atoms with Gasteiger partial charge < -0.3 is 18.6 Å². The van der Waals surface area contributed by atoms with E-state index in [2.05, 4.69) is 0 Å². The largest absolute Gasteiger partial charge is 0.497 e. The number of carbonyl (C=O) groups excluding carboxylic acids is 1. The zero-order valence-corrected chi connectivity index (χ0v) is 18.3. The molecule has 1 aromatic heterocycles. The van der Waals surface area contributed by atoms with E-state index in [4.69, 9.17) is 18.6 Å². The van der Waals surface area contributed by atoms with Crippen LogP contribution in [0.4, 0.5) is 5.69 Å². The van der Waals surface area contributed by atoms with Gasteiger partial charge in [-0.2, -0.15) is 0 Å². The number of rotatable bonds is 5. The molecule has 7 heteroatoms. The van der Waals surface area contributed by atoms with Crippen LogP contribution in [0, 0.1) is 0 Å². The summed E-state index contributed by atoms with van der Waals surface area (Å²) in [7, 11) is 4.65. The molecule has 4 aromatic rings. The third-order valence-electron chi connectivity index (χ3n) is 5.83. The van der Waals surface area contributed by atoms with Crippen molar-refractivity contribution >= 4 is 22.6 Å². The Hall–Kier alpha value is -4.26. The molecule has 7 nitrogen and oxygen atoms in total. The first-order chi connectivity index (χ1) is 16.1. The van der Waals surface area contributed by atoms with E-state index in [0.717, 1.165) is 0 Å². The average molecular weight is 443 g/mol. The predicted octanol–water partition coefficient (Wildman–Crippen LogP) is 4.57. The van der Waals surface area contributed by atoms with Gasteiger partial charge in [-0.1, -0.05) is 24.3 Å². The van der Waals surface area contributed by atoms with Gasteiger partial charge in [0.2, 0.25) is 5.76 Å². The Morgan fingerprint density at radius 3 is 2.36 bits per heavy atom. The molecule has 0 N–H and O–H groups in total. The van der Waals surface area contributed by atoms with Gasteiger partial charge in [0.05, 0.1) is 38.3 Å². The summed E-state index contributed by atoms with van der Waals surface area (Å²) < 4.78 is 22.2. The molecule has 0 aliphatic carbocycles. The number of hydrogen-bond acceptors (Lipinski definition) is 6. The van der Waals surface area contributed by atoms with Crippen LogP contribution in [0.15, 0.2) is 75.9 Å². The lowest BCUT2D eigenvalue weighted by Gasteiger charge is -2.26. The normalized spacial score (nSPS) is 14.9. The number of fused-ring (bicyclic) bond motifs is 2. The van der Waals surface area contributed by atoms with E-state index in [9.17, 15) is 9.59 Å². The van der Waals surface area contributed by atoms with Crippen LogP contribution in [-0.2, 0) is 0 Å². The molecular formula is C26H21NO6. The summed E-state index contributed by atoms with van der Waals surface area (Å²) in [5, 5.41) is 0.419. The zero-order chi connectivity index (χ0) is 23.1. The highest BCUT2D eigenvalue weighted by Gasteiger charge is 2.44. The maximum absolute atomic E-state index is 13.7. The molecule has 3 aromatic carbocycles. The summed E-state index contributed by atoms with van der Waals surface area (Å²) in [5.41, 5.74) is 1.67. The van der Waals surface area contributed by atoms with Crippen molar-refractivity contribution in [2.45, 2.75) is 6.04 Å². The molecule has 33 heavy (non-hydrogen) atoms. The van der Waals surface area contributed by atoms with Gasteiger partial charge in [-0.25, -0.2) is 0 Å². The van der Waals surface area contributed by atoms with E-state index in [1.807, 2.05) is 6.07 Å². The number of amides is 1. The van der Waals surface area contributed by atoms with Crippen LogP contribution in [0.3, 0.4) is 0 Å². The third kappa shape index (κ3) is 3.20. The topological polar surface area (TPSA) is 78.2 Å². The summed E-state index contributed by atoms with van der Waals surface area (Å²) in [6, 6.07) is 18.7. The summed E-state index contributed by atoms with van der Waals surface area (Å²) in [6.45, 7) is 0. The molecule has 0 saturated carbocycles. The lowest BCUT2D eigenvalue weighted by atomic mass is 9.97. The SMILES string of the molecule is COc1cccc(N2C(=O)c3oc4ccccc4c(=O)c3C2c2ccc(OC)c(OC)c2)c1. The summed E-state index contributed by atoms with van der Waals surface area (Å²) in [5.74, 6) is 1.25. The molecule has 166 valence electrons. The quantitative estimate of drug-likeness (QED) is 0.450. The number of benzene rings is 3. The van der Waals surface area contributed by atoms with Gasteiger partial charge in [0, 0.05) is 11.8 Å². The van der Waals surface area contributed by atoms with Crippen molar-refractivity contribution < 1.29 is 23.4 Å². The van der Waals surface area contributed by atoms with Crippen molar-refractivity contribution in [3.63, 3.8) is 0 Å². The molecule has 0 radical (unpaired) electrons. The van der Waals surface area contributed by atoms with Crippen molar-refractivity contribution in [3.8, 4) is 17.2 Å². The van der Waals surface area contributed by atoms with Gasteiger partial charge in [0.1, 0.15) is 11.3 Å². The lowest BCUT2D eigenvalue weighted by molar-refractivity contribution is 0.0971. The van der Waals surface area contributed by atoms with E-state index in [0.29, 0.717) is 39.5 Å². The second kappa shape index (κ2) is 8.02. The molecule has 1 aliphatic rings. The Labute approximate surface area is 189 Å². The average Bonchev–Trinajstić information content (AvgIpc) is 3.16. The first kappa shape index (κ1) is 20.6. The van der Waals surface area contributed by atoms with Crippen LogP contribution >= 0.6 is 0 Å². The predicted molar refractivity (Wildman–Crippen MR) is 124 cm³/mol. The smallest absolute Gasteiger partial charge is 0.295 e. The minimum atomic E-state index is -0.722. The Bertz CT molecular complexity index is 1440. The minimum absolute atomic E-state index is 0.0290. The molecule has 2 heterocycles. The second-order valence-corrected chi connectivity index (χ2v) is 7.56. The minimum Gasteiger partial charge on any atom is -0.497 e. The Morgan fingerprint density at radius 1 is 0.818 bits per heavy atom. The first-order valence-corrected chi connectivity index (χ1v) is 10.3. The van der Waals surface area contributed by atoms with Gasteiger partial charge in [-0.05, 0) is 42.0 Å². The van der Waals surface area contributed by atoms with Gasteiger partial charge in [0.15, 0.2) is 16.9 Å². The van der Waals surface area contributed by atoms with Gasteiger partial charge in [0.25, 0.3) is 5.91 Å². The van der Waals surface area contributed by atoms with Crippen LogP contribution in [0.2, 0.25) is 0 Å². The van der Waals surface area contributed by atoms with E-state index in [1.165, 1.54) is 7.11 Å². The summed E-state index contributed by atoms with van der Waals surface area (Å²) >= 11 is 0. The summed E-state index contributed by atoms with van der Waals surface area (Å²) in [6.07, 6.45) is 0. The van der Waals surface area contributed by atoms with Crippen LogP contribution < -0.4 is 24.5 Å². The zero-order valence-electron chi connectivity index (χ0n) is 18.3. The highest BCUT2D eigenvalue weighted by molar-refractivity contribution is 6.10. The Kier molecular flexibility index (Phi) is 5.01. The van der Waals surface area contributed by atoms with E-state index >= 15 is 0 Å². The molecule has 1 aliphatic heterocycles. The van der Waals surface area contributed by atoms with E-state index < -0.39 is 11.9 Å². The van der Waals surface area contributed by atoms with Crippen LogP contribution in [0.1, 0.15) is 27.7 Å².